The van der Waals surface area contributed by atoms with E-state index in [1.165, 1.54) is 19.4 Å². The third-order valence-electron chi connectivity index (χ3n) is 3.85. The second kappa shape index (κ2) is 5.67. The molecule has 102 valence electrons. The van der Waals surface area contributed by atoms with Crippen LogP contribution in [0, 0.1) is 0 Å². The fourth-order valence-electron chi connectivity index (χ4n) is 2.80. The van der Waals surface area contributed by atoms with E-state index in [0.29, 0.717) is 18.3 Å². The summed E-state index contributed by atoms with van der Waals surface area (Å²) in [5.74, 6) is -0.132. The summed E-state index contributed by atoms with van der Waals surface area (Å²) in [6.45, 7) is 3.44. The van der Waals surface area contributed by atoms with Gasteiger partial charge >= 0.3 is 0 Å². The molecule has 0 aliphatic carbocycles. The molecule has 0 bridgehead atoms. The van der Waals surface area contributed by atoms with Crippen molar-refractivity contribution in [3.63, 3.8) is 0 Å². The maximum absolute atomic E-state index is 11.9. The fraction of sp³-hybridized carbons (Fsp3) is 0.571. The van der Waals surface area contributed by atoms with Crippen LogP contribution in [0.15, 0.2) is 24.4 Å². The van der Waals surface area contributed by atoms with E-state index < -0.39 is 0 Å². The molecule has 2 saturated heterocycles. The summed E-state index contributed by atoms with van der Waals surface area (Å²) in [4.78, 5) is 18.4. The summed E-state index contributed by atoms with van der Waals surface area (Å²) in [7, 11) is 0. The van der Waals surface area contributed by atoms with E-state index in [-0.39, 0.29) is 12.0 Å². The molecule has 19 heavy (non-hydrogen) atoms. The Hall–Kier alpha value is -1.46. The van der Waals surface area contributed by atoms with E-state index in [1.54, 1.807) is 18.3 Å². The van der Waals surface area contributed by atoms with Crippen molar-refractivity contribution in [3.8, 4) is 0 Å². The van der Waals surface area contributed by atoms with Gasteiger partial charge in [-0.2, -0.15) is 0 Å². The van der Waals surface area contributed by atoms with Crippen molar-refractivity contribution in [3.05, 3.63) is 30.1 Å². The summed E-state index contributed by atoms with van der Waals surface area (Å²) in [6.07, 6.45) is 4.23. The van der Waals surface area contributed by atoms with Crippen LogP contribution in [-0.2, 0) is 4.74 Å². The smallest absolute Gasteiger partial charge is 0.269 e. The Morgan fingerprint density at radius 2 is 2.47 bits per heavy atom. The van der Waals surface area contributed by atoms with Gasteiger partial charge in [0.1, 0.15) is 5.69 Å². The van der Waals surface area contributed by atoms with Crippen molar-refractivity contribution in [1.29, 1.82) is 0 Å². The van der Waals surface area contributed by atoms with Crippen molar-refractivity contribution in [2.24, 2.45) is 0 Å². The van der Waals surface area contributed by atoms with Crippen molar-refractivity contribution >= 4 is 5.91 Å². The Morgan fingerprint density at radius 1 is 1.53 bits per heavy atom. The largest absolute Gasteiger partial charge is 0.373 e. The number of fused-ring (bicyclic) bond motifs is 1. The number of rotatable bonds is 3. The Kier molecular flexibility index (Phi) is 3.75. The second-order valence-electron chi connectivity index (χ2n) is 5.17. The predicted molar refractivity (Wildman–Crippen MR) is 70.9 cm³/mol. The van der Waals surface area contributed by atoms with E-state index in [9.17, 15) is 4.79 Å². The lowest BCUT2D eigenvalue weighted by Crippen LogP contribution is -2.50. The van der Waals surface area contributed by atoms with Crippen LogP contribution in [-0.4, -0.2) is 54.2 Å². The van der Waals surface area contributed by atoms with Gasteiger partial charge in [-0.15, -0.1) is 0 Å². The van der Waals surface area contributed by atoms with Crippen LogP contribution < -0.4 is 5.32 Å². The van der Waals surface area contributed by atoms with E-state index in [2.05, 4.69) is 15.2 Å². The highest BCUT2D eigenvalue weighted by atomic mass is 16.5. The van der Waals surface area contributed by atoms with E-state index in [4.69, 9.17) is 4.74 Å². The van der Waals surface area contributed by atoms with Crippen LogP contribution in [0.2, 0.25) is 0 Å². The number of nitrogens with zero attached hydrogens (tertiary/aromatic N) is 2. The third-order valence-corrected chi connectivity index (χ3v) is 3.85. The fourth-order valence-corrected chi connectivity index (χ4v) is 2.80. The van der Waals surface area contributed by atoms with Crippen molar-refractivity contribution in [1.82, 2.24) is 15.2 Å². The summed E-state index contributed by atoms with van der Waals surface area (Å²) in [5, 5.41) is 2.90. The van der Waals surface area contributed by atoms with Crippen molar-refractivity contribution in [2.75, 3.05) is 26.2 Å². The Bertz CT molecular complexity index is 438. The molecule has 1 aromatic rings. The number of amides is 1. The normalized spacial score (nSPS) is 26.9. The zero-order valence-electron chi connectivity index (χ0n) is 10.9. The van der Waals surface area contributed by atoms with Gasteiger partial charge in [-0.05, 0) is 31.5 Å². The molecule has 2 aliphatic heterocycles. The number of ether oxygens (including phenoxy) is 1. The van der Waals surface area contributed by atoms with Gasteiger partial charge in [-0.3, -0.25) is 14.7 Å². The van der Waals surface area contributed by atoms with Gasteiger partial charge in [0, 0.05) is 25.3 Å². The predicted octanol–water partition coefficient (Wildman–Crippen LogP) is 0.675. The van der Waals surface area contributed by atoms with Crippen LogP contribution in [0.1, 0.15) is 23.3 Å². The first-order chi connectivity index (χ1) is 9.33. The van der Waals surface area contributed by atoms with Gasteiger partial charge in [-0.25, -0.2) is 0 Å². The summed E-state index contributed by atoms with van der Waals surface area (Å²) in [6, 6.07) is 5.93. The Labute approximate surface area is 113 Å². The third kappa shape index (κ3) is 2.93. The lowest BCUT2D eigenvalue weighted by Gasteiger charge is -2.35. The van der Waals surface area contributed by atoms with Gasteiger partial charge in [0.2, 0.25) is 0 Å². The zero-order chi connectivity index (χ0) is 13.1. The Morgan fingerprint density at radius 3 is 3.32 bits per heavy atom. The average Bonchev–Trinajstić information content (AvgIpc) is 2.93. The lowest BCUT2D eigenvalue weighted by molar-refractivity contribution is -0.0462. The summed E-state index contributed by atoms with van der Waals surface area (Å²) < 4.78 is 5.80. The maximum atomic E-state index is 11.9. The first kappa shape index (κ1) is 12.6. The van der Waals surface area contributed by atoms with Gasteiger partial charge in [0.05, 0.1) is 12.7 Å². The summed E-state index contributed by atoms with van der Waals surface area (Å²) in [5.41, 5.74) is 0.456. The second-order valence-corrected chi connectivity index (χ2v) is 5.17. The standard InChI is InChI=1S/C14H19N3O2/c18-14(13-5-1-2-6-15-13)16-8-12-9-17-7-3-4-11(17)10-19-12/h1-2,5-6,11-12H,3-4,7-10H2,(H,16,18)/t11-,12+/m1/s1. The van der Waals surface area contributed by atoms with Crippen LogP contribution in [0.3, 0.4) is 0 Å². The number of aromatic nitrogens is 1. The molecule has 2 atom stereocenters. The van der Waals surface area contributed by atoms with Gasteiger partial charge < -0.3 is 10.1 Å². The highest BCUT2D eigenvalue weighted by Gasteiger charge is 2.32. The zero-order valence-corrected chi connectivity index (χ0v) is 10.9. The number of carbonyl (C=O) groups is 1. The molecule has 5 heteroatoms. The van der Waals surface area contributed by atoms with E-state index in [1.807, 2.05) is 6.07 Å². The molecule has 2 fully saturated rings. The minimum atomic E-state index is -0.132. The number of carbonyl (C=O) groups excluding carboxylic acids is 1. The number of nitrogens with one attached hydrogen (secondary N) is 1. The molecule has 0 unspecified atom stereocenters. The maximum Gasteiger partial charge on any atom is 0.269 e. The molecule has 0 spiro atoms. The minimum absolute atomic E-state index is 0.0991. The number of hydrogen-bond acceptors (Lipinski definition) is 4. The molecular weight excluding hydrogens is 242 g/mol. The monoisotopic (exact) mass is 261 g/mol. The van der Waals surface area contributed by atoms with Gasteiger partial charge in [0.25, 0.3) is 5.91 Å². The van der Waals surface area contributed by atoms with Crippen LogP contribution >= 0.6 is 0 Å². The first-order valence-corrected chi connectivity index (χ1v) is 6.88. The van der Waals surface area contributed by atoms with Gasteiger partial charge in [0.15, 0.2) is 0 Å². The molecule has 0 saturated carbocycles. The quantitative estimate of drug-likeness (QED) is 0.869. The highest BCUT2D eigenvalue weighted by Crippen LogP contribution is 2.22. The molecule has 3 rings (SSSR count). The molecule has 1 N–H and O–H groups in total. The van der Waals surface area contributed by atoms with E-state index >= 15 is 0 Å². The number of morpholine rings is 1. The SMILES string of the molecule is O=C(NC[C@H]1CN2CCC[C@@H]2CO1)c1ccccn1. The van der Waals surface area contributed by atoms with Crippen molar-refractivity contribution < 1.29 is 9.53 Å². The minimum Gasteiger partial charge on any atom is -0.373 e. The van der Waals surface area contributed by atoms with Crippen LogP contribution in [0.4, 0.5) is 0 Å². The molecule has 2 aliphatic rings. The lowest BCUT2D eigenvalue weighted by atomic mass is 10.2. The number of hydrogen-bond donors (Lipinski definition) is 1. The summed E-state index contributed by atoms with van der Waals surface area (Å²) >= 11 is 0. The molecule has 1 aromatic heterocycles. The highest BCUT2D eigenvalue weighted by molar-refractivity contribution is 5.92. The van der Waals surface area contributed by atoms with Crippen molar-refractivity contribution in [2.45, 2.75) is 25.0 Å². The van der Waals surface area contributed by atoms with Crippen LogP contribution in [0.25, 0.3) is 0 Å². The average molecular weight is 261 g/mol. The molecule has 0 radical (unpaired) electrons. The molecule has 5 nitrogen and oxygen atoms in total. The first-order valence-electron chi connectivity index (χ1n) is 6.88. The number of pyridine rings is 1. The molecule has 0 aromatic carbocycles. The topological polar surface area (TPSA) is 54.5 Å². The molecular formula is C14H19N3O2. The van der Waals surface area contributed by atoms with Crippen LogP contribution in [0.5, 0.6) is 0 Å². The molecule has 3 heterocycles. The molecule has 1 amide bonds. The van der Waals surface area contributed by atoms with E-state index in [0.717, 1.165) is 13.2 Å². The van der Waals surface area contributed by atoms with Gasteiger partial charge in [-0.1, -0.05) is 6.07 Å². The Balaban J connectivity index is 1.49.